The van der Waals surface area contributed by atoms with Gasteiger partial charge in [0.05, 0.1) is 18.6 Å². The van der Waals surface area contributed by atoms with Crippen LogP contribution in [-0.4, -0.2) is 48.6 Å². The molecule has 37 heavy (non-hydrogen) atoms. The van der Waals surface area contributed by atoms with Crippen LogP contribution in [0.4, 0.5) is 5.69 Å². The summed E-state index contributed by atoms with van der Waals surface area (Å²) >= 11 is 0. The van der Waals surface area contributed by atoms with Crippen LogP contribution in [0.25, 0.3) is 0 Å². The van der Waals surface area contributed by atoms with Gasteiger partial charge in [-0.1, -0.05) is 51.1 Å². The third kappa shape index (κ3) is 5.02. The Kier molecular flexibility index (Phi) is 7.33. The number of fused-ring (bicyclic) bond motifs is 2. The van der Waals surface area contributed by atoms with E-state index in [0.717, 1.165) is 49.5 Å². The van der Waals surface area contributed by atoms with Crippen molar-refractivity contribution in [3.8, 4) is 0 Å². The Morgan fingerprint density at radius 1 is 1.00 bits per heavy atom. The van der Waals surface area contributed by atoms with Crippen molar-refractivity contribution in [2.45, 2.75) is 71.9 Å². The number of ether oxygens (including phenoxy) is 1. The normalized spacial score (nSPS) is 26.8. The predicted molar refractivity (Wildman–Crippen MR) is 148 cm³/mol. The van der Waals surface area contributed by atoms with Crippen LogP contribution in [0.1, 0.15) is 69.3 Å². The second kappa shape index (κ2) is 10.5. The van der Waals surface area contributed by atoms with E-state index in [0.29, 0.717) is 47.8 Å². The van der Waals surface area contributed by atoms with Crippen LogP contribution >= 0.6 is 0 Å². The Hall–Kier alpha value is -2.82. The molecule has 0 N–H and O–H groups in total. The fraction of sp³-hybridized carbons (Fsp3) is 0.562. The number of esters is 1. The lowest BCUT2D eigenvalue weighted by Gasteiger charge is -2.64. The highest BCUT2D eigenvalue weighted by Crippen LogP contribution is 2.62. The van der Waals surface area contributed by atoms with Gasteiger partial charge in [0.25, 0.3) is 0 Å². The van der Waals surface area contributed by atoms with Gasteiger partial charge in [-0.15, -0.1) is 0 Å². The molecule has 1 saturated heterocycles. The van der Waals surface area contributed by atoms with Gasteiger partial charge in [-0.25, -0.2) is 4.79 Å². The third-order valence-corrected chi connectivity index (χ3v) is 9.76. The number of nitrogens with zero attached hydrogens (tertiary/aromatic N) is 2. The summed E-state index contributed by atoms with van der Waals surface area (Å²) in [6.45, 7) is 11.3. The first kappa shape index (κ1) is 25.8. The van der Waals surface area contributed by atoms with Gasteiger partial charge in [-0.05, 0) is 85.6 Å². The zero-order valence-corrected chi connectivity index (χ0v) is 22.9. The van der Waals surface area contributed by atoms with Gasteiger partial charge in [0.2, 0.25) is 5.91 Å². The van der Waals surface area contributed by atoms with Crippen LogP contribution in [0, 0.1) is 23.2 Å². The zero-order chi connectivity index (χ0) is 26.2. The van der Waals surface area contributed by atoms with Gasteiger partial charge < -0.3 is 14.5 Å². The van der Waals surface area contributed by atoms with Crippen molar-refractivity contribution in [2.75, 3.05) is 24.6 Å². The first-order valence-electron chi connectivity index (χ1n) is 14.2. The minimum atomic E-state index is -0.275. The minimum Gasteiger partial charge on any atom is -0.462 e. The molecule has 4 aliphatic rings. The average molecular weight is 503 g/mol. The molecule has 198 valence electrons. The molecule has 4 atom stereocenters. The smallest absolute Gasteiger partial charge is 0.338 e. The predicted octanol–water partition coefficient (Wildman–Crippen LogP) is 5.97. The van der Waals surface area contributed by atoms with Crippen molar-refractivity contribution in [2.24, 2.45) is 23.2 Å². The van der Waals surface area contributed by atoms with E-state index in [1.54, 1.807) is 0 Å². The van der Waals surface area contributed by atoms with E-state index >= 15 is 0 Å². The highest BCUT2D eigenvalue weighted by molar-refractivity contribution is 5.89. The Bertz CT molecular complexity index is 1090. The summed E-state index contributed by atoms with van der Waals surface area (Å²) in [5.74, 6) is 1.99. The van der Waals surface area contributed by atoms with E-state index in [2.05, 4.69) is 42.7 Å². The van der Waals surface area contributed by atoms with Gasteiger partial charge >= 0.3 is 5.97 Å². The summed E-state index contributed by atoms with van der Waals surface area (Å²) in [6, 6.07) is 18.6. The van der Waals surface area contributed by atoms with Gasteiger partial charge in [-0.3, -0.25) is 4.79 Å². The van der Waals surface area contributed by atoms with Crippen molar-refractivity contribution in [1.29, 1.82) is 0 Å². The summed E-state index contributed by atoms with van der Waals surface area (Å²) in [5, 5.41) is 0. The van der Waals surface area contributed by atoms with Crippen LogP contribution in [0.3, 0.4) is 0 Å². The molecule has 5 nitrogen and oxygen atoms in total. The molecule has 5 heteroatoms. The Morgan fingerprint density at radius 3 is 2.27 bits per heavy atom. The number of hydrogen-bond donors (Lipinski definition) is 0. The molecule has 2 bridgehead atoms. The summed E-state index contributed by atoms with van der Waals surface area (Å²) < 4.78 is 5.12. The van der Waals surface area contributed by atoms with Crippen LogP contribution < -0.4 is 4.90 Å². The second-order valence-electron chi connectivity index (χ2n) is 12.0. The molecule has 4 fully saturated rings. The molecule has 0 radical (unpaired) electrons. The van der Waals surface area contributed by atoms with Crippen molar-refractivity contribution in [3.63, 3.8) is 0 Å². The number of carbonyl (C=O) groups is 2. The number of piperidine rings is 1. The number of rotatable bonds is 7. The van der Waals surface area contributed by atoms with E-state index in [1.807, 2.05) is 49.4 Å². The molecule has 3 aliphatic carbocycles. The monoisotopic (exact) mass is 502 g/mol. The van der Waals surface area contributed by atoms with E-state index in [9.17, 15) is 9.59 Å². The minimum absolute atomic E-state index is 0.275. The van der Waals surface area contributed by atoms with Gasteiger partial charge in [-0.2, -0.15) is 0 Å². The topological polar surface area (TPSA) is 49.9 Å². The highest BCUT2D eigenvalue weighted by atomic mass is 16.5. The maximum Gasteiger partial charge on any atom is 0.338 e. The molecule has 1 amide bonds. The molecule has 2 aromatic carbocycles. The summed E-state index contributed by atoms with van der Waals surface area (Å²) in [6.07, 6.45) is 4.90. The van der Waals surface area contributed by atoms with Crippen molar-refractivity contribution in [1.82, 2.24) is 4.90 Å². The average Bonchev–Trinajstić information content (AvgIpc) is 2.90. The van der Waals surface area contributed by atoms with Crippen molar-refractivity contribution in [3.05, 3.63) is 65.7 Å². The first-order valence-corrected chi connectivity index (χ1v) is 14.2. The van der Waals surface area contributed by atoms with Crippen LogP contribution in [0.5, 0.6) is 0 Å². The standard InChI is InChI=1S/C32H42N2O3/c1-5-37-31(36)24-11-13-26(14-12-24)33-17-15-27(16-18-33)34(30(35)19-23-9-7-6-8-10-23)29-21-25-20-28(22(29)2)32(25,3)4/h6-14,22,25,27-29H,5,15-21H2,1-4H3/t22-,25+,28-,29-/m0/s1. The molecule has 3 saturated carbocycles. The number of benzene rings is 2. The lowest BCUT2D eigenvalue weighted by atomic mass is 9.44. The maximum atomic E-state index is 13.9. The second-order valence-corrected chi connectivity index (χ2v) is 12.0. The lowest BCUT2D eigenvalue weighted by Crippen LogP contribution is -2.64. The molecule has 1 aliphatic heterocycles. The Labute approximate surface area is 222 Å². The van der Waals surface area contributed by atoms with E-state index in [-0.39, 0.29) is 12.0 Å². The lowest BCUT2D eigenvalue weighted by molar-refractivity contribution is -0.163. The summed E-state index contributed by atoms with van der Waals surface area (Å²) in [7, 11) is 0. The fourth-order valence-electron chi connectivity index (χ4n) is 7.44. The van der Waals surface area contributed by atoms with Gasteiger partial charge in [0.15, 0.2) is 0 Å². The number of carbonyl (C=O) groups excluding carboxylic acids is 2. The quantitative estimate of drug-likeness (QED) is 0.438. The van der Waals surface area contributed by atoms with Crippen LogP contribution in [0.15, 0.2) is 54.6 Å². The molecule has 2 aromatic rings. The first-order chi connectivity index (χ1) is 17.8. The third-order valence-electron chi connectivity index (χ3n) is 9.76. The molecular weight excluding hydrogens is 460 g/mol. The van der Waals surface area contributed by atoms with Gasteiger partial charge in [0, 0.05) is 30.9 Å². The van der Waals surface area contributed by atoms with E-state index < -0.39 is 0 Å². The van der Waals surface area contributed by atoms with E-state index in [4.69, 9.17) is 4.74 Å². The van der Waals surface area contributed by atoms with Crippen molar-refractivity contribution < 1.29 is 14.3 Å². The molecule has 0 unspecified atom stereocenters. The Morgan fingerprint density at radius 2 is 1.68 bits per heavy atom. The van der Waals surface area contributed by atoms with Crippen molar-refractivity contribution >= 4 is 17.6 Å². The molecule has 1 heterocycles. The van der Waals surface area contributed by atoms with Crippen LogP contribution in [-0.2, 0) is 16.0 Å². The molecule has 0 spiro atoms. The summed E-state index contributed by atoms with van der Waals surface area (Å²) in [5.41, 5.74) is 3.22. The highest BCUT2D eigenvalue weighted by Gasteiger charge is 2.58. The molecular formula is C32H42N2O3. The number of anilines is 1. The summed E-state index contributed by atoms with van der Waals surface area (Å²) in [4.78, 5) is 30.7. The van der Waals surface area contributed by atoms with Gasteiger partial charge in [0.1, 0.15) is 0 Å². The molecule has 0 aromatic heterocycles. The largest absolute Gasteiger partial charge is 0.462 e. The number of amides is 1. The Balaban J connectivity index is 1.30. The van der Waals surface area contributed by atoms with Crippen LogP contribution in [0.2, 0.25) is 0 Å². The number of hydrogen-bond acceptors (Lipinski definition) is 4. The zero-order valence-electron chi connectivity index (χ0n) is 22.9. The maximum absolute atomic E-state index is 13.9. The fourth-order valence-corrected chi connectivity index (χ4v) is 7.44. The molecule has 6 rings (SSSR count). The SMILES string of the molecule is CCOC(=O)c1ccc(N2CCC(N(C(=O)Cc3ccccc3)[C@H]3C[C@H]4C[C@@H]([C@@H]3C)C4(C)C)CC2)cc1. The van der Waals surface area contributed by atoms with E-state index in [1.165, 1.54) is 6.42 Å².